The lowest BCUT2D eigenvalue weighted by atomic mass is 10.6. The van der Waals surface area contributed by atoms with Crippen LogP contribution in [0.2, 0.25) is 0 Å². The molecule has 0 aromatic carbocycles. The monoisotopic (exact) mass is 884 g/mol. The van der Waals surface area contributed by atoms with Crippen LogP contribution in [0, 0.1) is 0 Å². The van der Waals surface area contributed by atoms with E-state index in [2.05, 4.69) is 9.13 Å². The summed E-state index contributed by atoms with van der Waals surface area (Å²) in [6.45, 7) is 5.57. The predicted octanol–water partition coefficient (Wildman–Crippen LogP) is 1.81. The van der Waals surface area contributed by atoms with Gasteiger partial charge in [-0.2, -0.15) is 52.7 Å². The maximum Gasteiger partial charge on any atom is 0.480 e. The third kappa shape index (κ3) is 18.4. The molecule has 312 valence electrons. The number of hydrogen-bond donors (Lipinski definition) is 0. The Morgan fingerprint density at radius 3 is 0.887 bits per heavy atom. The van der Waals surface area contributed by atoms with E-state index in [1.165, 1.54) is 0 Å². The molecule has 0 radical (unpaired) electrons. The van der Waals surface area contributed by atoms with Gasteiger partial charge in [-0.25, -0.2) is 51.9 Å². The van der Waals surface area contributed by atoms with Crippen LogP contribution in [0.5, 0.6) is 0 Å². The minimum absolute atomic E-state index is 0.607. The van der Waals surface area contributed by atoms with Crippen LogP contribution in [0.25, 0.3) is 8.25 Å². The van der Waals surface area contributed by atoms with Crippen LogP contribution < -0.4 is 9.13 Å². The summed E-state index contributed by atoms with van der Waals surface area (Å²) in [5.74, 6) is 0. The molecule has 0 aliphatic heterocycles. The van der Waals surface area contributed by atoms with Crippen molar-refractivity contribution in [2.24, 2.45) is 14.1 Å². The fraction of sp³-hybridized carbons (Fsp3) is 0.700. The fourth-order valence-corrected chi connectivity index (χ4v) is 6.00. The fourth-order valence-electron chi connectivity index (χ4n) is 2.58. The summed E-state index contributed by atoms with van der Waals surface area (Å²) >= 11 is 0. The van der Waals surface area contributed by atoms with Gasteiger partial charge < -0.3 is 22.5 Å². The lowest BCUT2D eigenvalue weighted by molar-refractivity contribution is -0.671. The third-order valence-electron chi connectivity index (χ3n) is 4.94. The molecule has 17 nitrogen and oxygen atoms in total. The largest absolute Gasteiger partial charge is 0.480 e. The number of sulfonamides is 4. The third-order valence-corrected chi connectivity index (χ3v) is 10.4. The second-order valence-electron chi connectivity index (χ2n) is 9.30. The summed E-state index contributed by atoms with van der Waals surface area (Å²) in [6, 6.07) is 0. The van der Waals surface area contributed by atoms with E-state index in [4.69, 9.17) is 14.2 Å². The van der Waals surface area contributed by atoms with E-state index in [1.807, 2.05) is 60.7 Å². The van der Waals surface area contributed by atoms with Gasteiger partial charge in [0.1, 0.15) is 37.9 Å². The number of halogens is 12. The molecule has 0 saturated heterocycles. The molecule has 0 atom stereocenters. The van der Waals surface area contributed by atoms with Gasteiger partial charge in [0.25, 0.3) is 0 Å². The Labute approximate surface area is 293 Å². The van der Waals surface area contributed by atoms with Gasteiger partial charge in [-0.15, -0.1) is 0 Å². The standard InChI is InChI=1S/C16H28N4O3.2C2F6NO4S2/c1-17-3-5-19(15-17)7-9-21-11-13-23-14-12-22-10-8-20-6-4-18(2)16-20;2*3-1(4,5)14(10,11)9-15(12,13)2(6,7)8/h3-6,15-16H,7-14H2,1-2H3;;/q+2;2*-1. The predicted molar refractivity (Wildman–Crippen MR) is 150 cm³/mol. The Morgan fingerprint density at radius 2 is 0.698 bits per heavy atom. The normalized spacial score (nSPS) is 13.5. The topological polar surface area (TPSA) is 210 Å². The van der Waals surface area contributed by atoms with Gasteiger partial charge in [0, 0.05) is 0 Å². The lowest BCUT2D eigenvalue weighted by Gasteiger charge is -2.22. The number of alkyl halides is 12. The van der Waals surface area contributed by atoms with E-state index >= 15 is 0 Å². The maximum atomic E-state index is 11.4. The second kappa shape index (κ2) is 19.7. The highest BCUT2D eigenvalue weighted by molar-refractivity contribution is 8.13. The molecule has 2 rings (SSSR count). The van der Waals surface area contributed by atoms with Gasteiger partial charge in [-0.05, 0) is 0 Å². The zero-order chi connectivity index (χ0) is 41.7. The Morgan fingerprint density at radius 1 is 0.472 bits per heavy atom. The number of imidazole rings is 2. The molecule has 0 spiro atoms. The molecular formula is C20H28F12N6O11S4. The number of aryl methyl sites for hydroxylation is 2. The Kier molecular flexibility index (Phi) is 18.6. The van der Waals surface area contributed by atoms with E-state index in [-0.39, 0.29) is 0 Å². The van der Waals surface area contributed by atoms with E-state index in [0.29, 0.717) is 39.6 Å². The molecule has 2 aromatic heterocycles. The summed E-state index contributed by atoms with van der Waals surface area (Å²) < 4.78 is 243. The number of ether oxygens (including phenoxy) is 3. The molecule has 33 heteroatoms. The Hall–Kier alpha value is -2.82. The van der Waals surface area contributed by atoms with Crippen LogP contribution in [0.1, 0.15) is 0 Å². The van der Waals surface area contributed by atoms with Crippen molar-refractivity contribution in [3.8, 4) is 0 Å². The first kappa shape index (κ1) is 50.2. The summed E-state index contributed by atoms with van der Waals surface area (Å²) in [7, 11) is -22.9. The average Bonchev–Trinajstić information content (AvgIpc) is 3.56. The first-order chi connectivity index (χ1) is 23.7. The van der Waals surface area contributed by atoms with Gasteiger partial charge in [-0.3, -0.25) is 0 Å². The van der Waals surface area contributed by atoms with Crippen LogP contribution in [0.4, 0.5) is 52.7 Å². The quantitative estimate of drug-likeness (QED) is 0.135. The zero-order valence-electron chi connectivity index (χ0n) is 26.5. The SMILES string of the molecule is C[n+]1ccn(CCOCCOCCOCCn2cc[n+](C)c2)c1.O=S(=O)([N-]S(=O)(=O)C(F)(F)F)C(F)(F)F.O=S(=O)([N-]S(=O)(=O)C(F)(F)F)C(F)(F)F. The van der Waals surface area contributed by atoms with Gasteiger partial charge in [-0.1, -0.05) is 0 Å². The maximum absolute atomic E-state index is 11.4. The molecule has 0 aliphatic rings. The molecule has 0 aliphatic carbocycles. The van der Waals surface area contributed by atoms with E-state index in [0.717, 1.165) is 21.3 Å². The van der Waals surface area contributed by atoms with Crippen molar-refractivity contribution in [3.05, 3.63) is 45.7 Å². The van der Waals surface area contributed by atoms with Crippen LogP contribution in [0.15, 0.2) is 37.4 Å². The van der Waals surface area contributed by atoms with Crippen LogP contribution in [-0.4, -0.2) is 104 Å². The van der Waals surface area contributed by atoms with E-state index in [1.54, 1.807) is 0 Å². The van der Waals surface area contributed by atoms with Crippen molar-refractivity contribution in [1.29, 1.82) is 0 Å². The van der Waals surface area contributed by atoms with Gasteiger partial charge in [0.15, 0.2) is 40.1 Å². The lowest BCUT2D eigenvalue weighted by Crippen LogP contribution is -2.30. The van der Waals surface area contributed by atoms with Crippen LogP contribution >= 0.6 is 0 Å². The average molecular weight is 885 g/mol. The number of aromatic nitrogens is 4. The summed E-state index contributed by atoms with van der Waals surface area (Å²) in [6.07, 6.45) is 12.2. The van der Waals surface area contributed by atoms with Crippen molar-refractivity contribution in [3.63, 3.8) is 0 Å². The summed E-state index contributed by atoms with van der Waals surface area (Å²) in [5.41, 5.74) is -24.8. The first-order valence-corrected chi connectivity index (χ1v) is 18.9. The molecule has 2 heterocycles. The molecule has 0 bridgehead atoms. The minimum atomic E-state index is -6.72. The van der Waals surface area contributed by atoms with Gasteiger partial charge >= 0.3 is 22.0 Å². The highest BCUT2D eigenvalue weighted by Crippen LogP contribution is 2.37. The van der Waals surface area contributed by atoms with Crippen molar-refractivity contribution in [2.75, 3.05) is 39.6 Å². The van der Waals surface area contributed by atoms with Crippen molar-refractivity contribution in [1.82, 2.24) is 9.13 Å². The minimum Gasteiger partial charge on any atom is -0.421 e. The second-order valence-corrected chi connectivity index (χ2v) is 16.1. The number of hydrogen-bond acceptors (Lipinski definition) is 11. The van der Waals surface area contributed by atoms with Crippen molar-refractivity contribution < 1.29 is 110 Å². The summed E-state index contributed by atoms with van der Waals surface area (Å²) in [4.78, 5) is 0. The van der Waals surface area contributed by atoms with Crippen LogP contribution in [0.3, 0.4) is 0 Å². The highest BCUT2D eigenvalue weighted by Gasteiger charge is 2.48. The van der Waals surface area contributed by atoms with Gasteiger partial charge in [0.05, 0.1) is 53.7 Å². The molecule has 0 N–H and O–H groups in total. The smallest absolute Gasteiger partial charge is 0.421 e. The Balaban J connectivity index is 0.000000799. The molecule has 53 heavy (non-hydrogen) atoms. The van der Waals surface area contributed by atoms with E-state index < -0.39 is 62.1 Å². The number of rotatable bonds is 16. The van der Waals surface area contributed by atoms with Crippen LogP contribution in [-0.2, 0) is 81.5 Å². The molecule has 0 saturated carbocycles. The van der Waals surface area contributed by atoms with Crippen molar-refractivity contribution >= 4 is 40.1 Å². The highest BCUT2D eigenvalue weighted by atomic mass is 32.3. The molecule has 0 unspecified atom stereocenters. The van der Waals surface area contributed by atoms with Gasteiger partial charge in [0.2, 0.25) is 12.7 Å². The molecule has 2 aromatic rings. The molecule has 0 amide bonds. The summed E-state index contributed by atoms with van der Waals surface area (Å²) in [5, 5.41) is 0. The molecule has 0 fully saturated rings. The zero-order valence-corrected chi connectivity index (χ0v) is 29.7. The first-order valence-electron chi connectivity index (χ1n) is 13.1. The number of nitrogens with zero attached hydrogens (tertiary/aromatic N) is 6. The van der Waals surface area contributed by atoms with E-state index in [9.17, 15) is 86.4 Å². The van der Waals surface area contributed by atoms with Crippen molar-refractivity contribution in [2.45, 2.75) is 35.1 Å². The molecular weight excluding hydrogens is 856 g/mol. The Bertz CT molecular complexity index is 1640.